The van der Waals surface area contributed by atoms with Crippen molar-refractivity contribution in [2.45, 2.75) is 40.5 Å². The van der Waals surface area contributed by atoms with Crippen LogP contribution in [-0.4, -0.2) is 11.6 Å². The average molecular weight is 196 g/mol. The first-order valence-corrected chi connectivity index (χ1v) is 5.46. The molecule has 1 rings (SSSR count). The first-order chi connectivity index (χ1) is 6.45. The van der Waals surface area contributed by atoms with Crippen LogP contribution in [-0.2, 0) is 9.59 Å². The normalized spacial score (nSPS) is 38.0. The van der Waals surface area contributed by atoms with Gasteiger partial charge in [0.15, 0.2) is 0 Å². The van der Waals surface area contributed by atoms with Gasteiger partial charge in [-0.1, -0.05) is 13.8 Å². The molecule has 2 nitrogen and oxygen atoms in total. The van der Waals surface area contributed by atoms with Gasteiger partial charge in [0.25, 0.3) is 0 Å². The van der Waals surface area contributed by atoms with Crippen LogP contribution < -0.4 is 0 Å². The minimum atomic E-state index is -0.0313. The average Bonchev–Trinajstić information content (AvgIpc) is 2.07. The van der Waals surface area contributed by atoms with Crippen molar-refractivity contribution in [1.29, 1.82) is 0 Å². The number of carbonyl (C=O) groups is 2. The highest BCUT2D eigenvalue weighted by atomic mass is 16.1. The highest BCUT2D eigenvalue weighted by molar-refractivity contribution is 5.88. The first-order valence-electron chi connectivity index (χ1n) is 5.46. The second-order valence-electron chi connectivity index (χ2n) is 4.80. The fourth-order valence-corrected chi connectivity index (χ4v) is 2.90. The van der Waals surface area contributed by atoms with Crippen molar-refractivity contribution in [3.63, 3.8) is 0 Å². The number of hydrogen-bond acceptors (Lipinski definition) is 2. The molecule has 0 N–H and O–H groups in total. The van der Waals surface area contributed by atoms with Gasteiger partial charge in [-0.2, -0.15) is 0 Å². The van der Waals surface area contributed by atoms with Crippen LogP contribution in [0.5, 0.6) is 0 Å². The lowest BCUT2D eigenvalue weighted by Crippen LogP contribution is -2.40. The van der Waals surface area contributed by atoms with Gasteiger partial charge in [0.05, 0.1) is 0 Å². The third-order valence-electron chi connectivity index (χ3n) is 3.63. The maximum atomic E-state index is 11.5. The minimum Gasteiger partial charge on any atom is -0.300 e. The molecule has 0 saturated heterocycles. The van der Waals surface area contributed by atoms with Gasteiger partial charge in [-0.3, -0.25) is 9.59 Å². The van der Waals surface area contributed by atoms with E-state index in [1.54, 1.807) is 13.8 Å². The van der Waals surface area contributed by atoms with Crippen LogP contribution in [0.4, 0.5) is 0 Å². The van der Waals surface area contributed by atoms with Crippen LogP contribution >= 0.6 is 0 Å². The van der Waals surface area contributed by atoms with Gasteiger partial charge in [0.1, 0.15) is 11.6 Å². The SMILES string of the molecule is CC(=O)C1C(C)CC[C@H](C)C1C(C)=O. The minimum absolute atomic E-state index is 0.0313. The molecule has 0 radical (unpaired) electrons. The molecule has 2 heteroatoms. The fourth-order valence-electron chi connectivity index (χ4n) is 2.90. The van der Waals surface area contributed by atoms with Gasteiger partial charge in [0.2, 0.25) is 0 Å². The summed E-state index contributed by atoms with van der Waals surface area (Å²) in [7, 11) is 0. The Kier molecular flexibility index (Phi) is 3.46. The molecule has 0 aliphatic heterocycles. The highest BCUT2D eigenvalue weighted by Gasteiger charge is 2.40. The van der Waals surface area contributed by atoms with E-state index in [-0.39, 0.29) is 23.4 Å². The zero-order chi connectivity index (χ0) is 10.9. The Balaban J connectivity index is 2.92. The summed E-state index contributed by atoms with van der Waals surface area (Å²) in [5, 5.41) is 0. The van der Waals surface area contributed by atoms with Gasteiger partial charge in [-0.05, 0) is 38.5 Å². The highest BCUT2D eigenvalue weighted by Crippen LogP contribution is 2.39. The topological polar surface area (TPSA) is 34.1 Å². The lowest BCUT2D eigenvalue weighted by Gasteiger charge is -2.37. The fraction of sp³-hybridized carbons (Fsp3) is 0.833. The Labute approximate surface area is 86.1 Å². The monoisotopic (exact) mass is 196 g/mol. The van der Waals surface area contributed by atoms with E-state index in [2.05, 4.69) is 13.8 Å². The van der Waals surface area contributed by atoms with Crippen molar-refractivity contribution in [3.8, 4) is 0 Å². The Hall–Kier alpha value is -0.660. The predicted molar refractivity (Wildman–Crippen MR) is 55.9 cm³/mol. The molecule has 0 spiro atoms. The van der Waals surface area contributed by atoms with Gasteiger partial charge >= 0.3 is 0 Å². The molecule has 80 valence electrons. The molecular weight excluding hydrogens is 176 g/mol. The van der Waals surface area contributed by atoms with E-state index in [1.165, 1.54) is 0 Å². The van der Waals surface area contributed by atoms with Crippen molar-refractivity contribution in [2.75, 3.05) is 0 Å². The van der Waals surface area contributed by atoms with Crippen LogP contribution in [0.1, 0.15) is 40.5 Å². The molecule has 0 heterocycles. The van der Waals surface area contributed by atoms with Gasteiger partial charge < -0.3 is 0 Å². The van der Waals surface area contributed by atoms with Crippen molar-refractivity contribution in [1.82, 2.24) is 0 Å². The Morgan fingerprint density at radius 2 is 1.14 bits per heavy atom. The number of rotatable bonds is 2. The van der Waals surface area contributed by atoms with E-state index in [1.807, 2.05) is 0 Å². The van der Waals surface area contributed by atoms with Crippen LogP contribution in [0.25, 0.3) is 0 Å². The van der Waals surface area contributed by atoms with Crippen LogP contribution in [0.15, 0.2) is 0 Å². The molecule has 0 aromatic rings. The first kappa shape index (κ1) is 11.4. The Morgan fingerprint density at radius 3 is 1.36 bits per heavy atom. The van der Waals surface area contributed by atoms with Gasteiger partial charge in [-0.15, -0.1) is 0 Å². The van der Waals surface area contributed by atoms with E-state index in [4.69, 9.17) is 0 Å². The summed E-state index contributed by atoms with van der Waals surface area (Å²) in [5.74, 6) is 1.05. The Morgan fingerprint density at radius 1 is 0.857 bits per heavy atom. The lowest BCUT2D eigenvalue weighted by molar-refractivity contribution is -0.136. The molecule has 1 aliphatic rings. The zero-order valence-corrected chi connectivity index (χ0v) is 9.54. The molecule has 1 saturated carbocycles. The van der Waals surface area contributed by atoms with E-state index in [0.29, 0.717) is 11.8 Å². The molecule has 1 fully saturated rings. The van der Waals surface area contributed by atoms with Crippen LogP contribution in [0.3, 0.4) is 0 Å². The third-order valence-corrected chi connectivity index (χ3v) is 3.63. The number of Topliss-reactive ketones (excluding diaryl/α,β-unsaturated/α-hetero) is 2. The molecule has 3 unspecified atom stereocenters. The molecule has 0 aromatic heterocycles. The maximum absolute atomic E-state index is 11.5. The molecule has 4 atom stereocenters. The summed E-state index contributed by atoms with van der Waals surface area (Å²) in [6.07, 6.45) is 2.16. The van der Waals surface area contributed by atoms with Gasteiger partial charge in [0, 0.05) is 11.8 Å². The molecule has 1 aliphatic carbocycles. The van der Waals surface area contributed by atoms with Crippen molar-refractivity contribution in [2.24, 2.45) is 23.7 Å². The molecular formula is C12H20O2. The quantitative estimate of drug-likeness (QED) is 0.680. The lowest BCUT2D eigenvalue weighted by atomic mass is 9.65. The second kappa shape index (κ2) is 4.24. The van der Waals surface area contributed by atoms with E-state index in [0.717, 1.165) is 12.8 Å². The summed E-state index contributed by atoms with van der Waals surface area (Å²) >= 11 is 0. The van der Waals surface area contributed by atoms with Crippen molar-refractivity contribution >= 4 is 11.6 Å². The van der Waals surface area contributed by atoms with Crippen LogP contribution in [0, 0.1) is 23.7 Å². The zero-order valence-electron chi connectivity index (χ0n) is 9.54. The van der Waals surface area contributed by atoms with Crippen LogP contribution in [0.2, 0.25) is 0 Å². The number of hydrogen-bond donors (Lipinski definition) is 0. The smallest absolute Gasteiger partial charge is 0.133 e. The standard InChI is InChI=1S/C12H20O2/c1-7-5-6-8(2)12(10(4)14)11(7)9(3)13/h7-8,11-12H,5-6H2,1-4H3/t7-,8?,11?,12?/m0/s1. The predicted octanol–water partition coefficient (Wildman–Crippen LogP) is 2.46. The van der Waals surface area contributed by atoms with Crippen molar-refractivity contribution < 1.29 is 9.59 Å². The molecule has 0 bridgehead atoms. The molecule has 0 amide bonds. The van der Waals surface area contributed by atoms with E-state index >= 15 is 0 Å². The summed E-state index contributed by atoms with van der Waals surface area (Å²) < 4.78 is 0. The number of ketones is 2. The Bertz CT molecular complexity index is 219. The summed E-state index contributed by atoms with van der Waals surface area (Å²) in [5.41, 5.74) is 0. The van der Waals surface area contributed by atoms with Crippen molar-refractivity contribution in [3.05, 3.63) is 0 Å². The largest absolute Gasteiger partial charge is 0.300 e. The summed E-state index contributed by atoms with van der Waals surface area (Å²) in [6, 6.07) is 0. The number of carbonyl (C=O) groups excluding carboxylic acids is 2. The van der Waals surface area contributed by atoms with Gasteiger partial charge in [-0.25, -0.2) is 0 Å². The van der Waals surface area contributed by atoms with E-state index < -0.39 is 0 Å². The second-order valence-corrected chi connectivity index (χ2v) is 4.80. The molecule has 14 heavy (non-hydrogen) atoms. The summed E-state index contributed by atoms with van der Waals surface area (Å²) in [6.45, 7) is 7.42. The third kappa shape index (κ3) is 2.05. The summed E-state index contributed by atoms with van der Waals surface area (Å²) in [4.78, 5) is 23.0. The molecule has 0 aromatic carbocycles. The van der Waals surface area contributed by atoms with E-state index in [9.17, 15) is 9.59 Å². The maximum Gasteiger partial charge on any atom is 0.133 e.